The Balaban J connectivity index is 1.82. The molecule has 0 saturated carbocycles. The highest BCUT2D eigenvalue weighted by molar-refractivity contribution is 7.92. The summed E-state index contributed by atoms with van der Waals surface area (Å²) in [5.41, 5.74) is 1.94. The summed E-state index contributed by atoms with van der Waals surface area (Å²) in [6.45, 7) is 5.56. The van der Waals surface area contributed by atoms with Crippen molar-refractivity contribution in [1.82, 2.24) is 25.3 Å². The van der Waals surface area contributed by atoms with Crippen LogP contribution in [0, 0.1) is 0 Å². The number of sulfonamides is 1. The van der Waals surface area contributed by atoms with E-state index in [2.05, 4.69) is 30.0 Å². The number of hydrogen-bond donors (Lipinski definition) is 2. The van der Waals surface area contributed by atoms with E-state index in [0.717, 1.165) is 5.56 Å². The van der Waals surface area contributed by atoms with Crippen LogP contribution < -0.4 is 24.2 Å². The molecule has 0 aliphatic carbocycles. The number of nitrogens with zero attached hydrogens (tertiary/aromatic N) is 4. The molecule has 0 aliphatic rings. The number of hydrogen-bond acceptors (Lipinski definition) is 10. The normalized spacial score (nSPS) is 11.2. The monoisotopic (exact) mass is 578 g/mol. The van der Waals surface area contributed by atoms with Gasteiger partial charge in [0, 0.05) is 24.9 Å². The van der Waals surface area contributed by atoms with Gasteiger partial charge in [0.15, 0.2) is 28.2 Å². The van der Waals surface area contributed by atoms with Crippen LogP contribution in [0.3, 0.4) is 0 Å². The largest absolute Gasteiger partial charge is 0.493 e. The second kappa shape index (κ2) is 12.6. The molecule has 3 heterocycles. The first kappa shape index (κ1) is 29.2. The molecule has 0 atom stereocenters. The van der Waals surface area contributed by atoms with Crippen LogP contribution in [0.1, 0.15) is 37.9 Å². The van der Waals surface area contributed by atoms with Crippen molar-refractivity contribution in [3.8, 4) is 34.5 Å². The molecular formula is C28H30N6O6S. The maximum Gasteiger partial charge on any atom is 0.280 e. The predicted molar refractivity (Wildman–Crippen MR) is 152 cm³/mol. The van der Waals surface area contributed by atoms with Crippen molar-refractivity contribution in [2.24, 2.45) is 0 Å². The van der Waals surface area contributed by atoms with E-state index in [1.807, 2.05) is 13.8 Å². The topological polar surface area (TPSA) is 155 Å². The summed E-state index contributed by atoms with van der Waals surface area (Å²) in [5.74, 6) is 0.463. The molecule has 12 nitrogen and oxygen atoms in total. The zero-order chi connectivity index (χ0) is 29.6. The minimum absolute atomic E-state index is 0.0399. The number of aromatic nitrogens is 4. The third kappa shape index (κ3) is 7.06. The van der Waals surface area contributed by atoms with Crippen molar-refractivity contribution in [2.45, 2.75) is 38.3 Å². The van der Waals surface area contributed by atoms with E-state index in [4.69, 9.17) is 14.2 Å². The van der Waals surface area contributed by atoms with Gasteiger partial charge in [0.25, 0.3) is 15.9 Å². The van der Waals surface area contributed by atoms with Gasteiger partial charge in [0.1, 0.15) is 0 Å². The van der Waals surface area contributed by atoms with Crippen LogP contribution in [0.15, 0.2) is 66.0 Å². The van der Waals surface area contributed by atoms with E-state index < -0.39 is 10.0 Å². The molecule has 4 rings (SSSR count). The van der Waals surface area contributed by atoms with E-state index in [9.17, 15) is 13.2 Å². The van der Waals surface area contributed by atoms with Crippen molar-refractivity contribution in [2.75, 3.05) is 18.9 Å². The minimum Gasteiger partial charge on any atom is -0.493 e. The summed E-state index contributed by atoms with van der Waals surface area (Å²) in [5, 5.41) is 2.48. The van der Waals surface area contributed by atoms with Gasteiger partial charge in [-0.15, -0.1) is 0 Å². The highest BCUT2D eigenvalue weighted by Crippen LogP contribution is 2.41. The summed E-state index contributed by atoms with van der Waals surface area (Å²) >= 11 is 0. The maximum absolute atomic E-state index is 13.5. The van der Waals surface area contributed by atoms with Crippen LogP contribution in [-0.4, -0.2) is 48.5 Å². The Kier molecular flexibility index (Phi) is 8.97. The van der Waals surface area contributed by atoms with E-state index in [1.54, 1.807) is 42.5 Å². The Labute approximate surface area is 238 Å². The Hall–Kier alpha value is -4.78. The molecule has 13 heteroatoms. The second-order valence-corrected chi connectivity index (χ2v) is 10.8. The number of anilines is 1. The molecule has 3 aromatic heterocycles. The molecule has 0 fully saturated rings. The maximum atomic E-state index is 13.5. The van der Waals surface area contributed by atoms with Gasteiger partial charge in [-0.1, -0.05) is 32.0 Å². The van der Waals surface area contributed by atoms with Crippen LogP contribution in [-0.2, 0) is 21.4 Å². The first-order chi connectivity index (χ1) is 19.6. The summed E-state index contributed by atoms with van der Waals surface area (Å²) < 4.78 is 46.4. The van der Waals surface area contributed by atoms with Gasteiger partial charge in [0.05, 0.1) is 26.5 Å². The molecule has 0 aliphatic heterocycles. The minimum atomic E-state index is -4.21. The summed E-state index contributed by atoms with van der Waals surface area (Å²) in [6, 6.07) is 13.3. The number of carbonyl (C=O) groups is 1. The van der Waals surface area contributed by atoms with Crippen molar-refractivity contribution in [3.63, 3.8) is 0 Å². The lowest BCUT2D eigenvalue weighted by molar-refractivity contribution is -0.119. The molecule has 0 bridgehead atoms. The summed E-state index contributed by atoms with van der Waals surface area (Å²) in [6.07, 6.45) is 3.05. The van der Waals surface area contributed by atoms with E-state index in [1.165, 1.54) is 39.6 Å². The lowest BCUT2D eigenvalue weighted by atomic mass is 10.1. The number of methoxy groups -OCH3 is 2. The van der Waals surface area contributed by atoms with E-state index in [-0.39, 0.29) is 52.4 Å². The van der Waals surface area contributed by atoms with E-state index >= 15 is 0 Å². The number of carbonyl (C=O) groups excluding carboxylic acids is 1. The number of rotatable bonds is 11. The molecule has 41 heavy (non-hydrogen) atoms. The van der Waals surface area contributed by atoms with Gasteiger partial charge in [0.2, 0.25) is 11.7 Å². The van der Waals surface area contributed by atoms with Gasteiger partial charge < -0.3 is 19.5 Å². The molecule has 0 unspecified atom stereocenters. The SMILES string of the molecule is COc1ccccc1Oc1c(NS(=O)(=O)c2ccc(C(C)C)cn2)nc(-c2ccnc(CNC(C)=O)c2)nc1OC. The fraction of sp³-hybridized carbons (Fsp3) is 0.250. The second-order valence-electron chi connectivity index (χ2n) is 9.12. The van der Waals surface area contributed by atoms with Crippen LogP contribution >= 0.6 is 0 Å². The van der Waals surface area contributed by atoms with Crippen LogP contribution in [0.25, 0.3) is 11.4 Å². The van der Waals surface area contributed by atoms with Gasteiger partial charge in [-0.3, -0.25) is 14.5 Å². The quantitative estimate of drug-likeness (QED) is 0.263. The Morgan fingerprint density at radius 1 is 0.976 bits per heavy atom. The Morgan fingerprint density at radius 2 is 1.73 bits per heavy atom. The zero-order valence-electron chi connectivity index (χ0n) is 23.2. The van der Waals surface area contributed by atoms with Crippen molar-refractivity contribution in [3.05, 3.63) is 72.2 Å². The highest BCUT2D eigenvalue weighted by atomic mass is 32.2. The van der Waals surface area contributed by atoms with E-state index in [0.29, 0.717) is 17.0 Å². The van der Waals surface area contributed by atoms with Gasteiger partial charge in [-0.25, -0.2) is 9.97 Å². The molecule has 1 amide bonds. The smallest absolute Gasteiger partial charge is 0.280 e. The average Bonchev–Trinajstić information content (AvgIpc) is 2.97. The molecule has 1 aromatic carbocycles. The van der Waals surface area contributed by atoms with Crippen LogP contribution in [0.5, 0.6) is 23.1 Å². The molecule has 0 radical (unpaired) electrons. The number of benzene rings is 1. The number of para-hydroxylation sites is 2. The third-order valence-corrected chi connectivity index (χ3v) is 7.09. The lowest BCUT2D eigenvalue weighted by Crippen LogP contribution is -2.19. The lowest BCUT2D eigenvalue weighted by Gasteiger charge is -2.17. The highest BCUT2D eigenvalue weighted by Gasteiger charge is 2.26. The van der Waals surface area contributed by atoms with Gasteiger partial charge >= 0.3 is 0 Å². The fourth-order valence-electron chi connectivity index (χ4n) is 3.67. The number of pyridine rings is 2. The molecule has 0 saturated heterocycles. The van der Waals surface area contributed by atoms with Crippen molar-refractivity contribution in [1.29, 1.82) is 0 Å². The number of ether oxygens (including phenoxy) is 3. The molecule has 214 valence electrons. The van der Waals surface area contributed by atoms with Gasteiger partial charge in [-0.2, -0.15) is 13.4 Å². The zero-order valence-corrected chi connectivity index (χ0v) is 24.0. The standard InChI is InChI=1S/C28H30N6O6S/c1-17(2)20-10-11-24(31-15-20)41(36,37)34-27-25(40-23-9-7-6-8-22(23)38-4)28(39-5)33-26(32-27)19-12-13-29-21(14-19)16-30-18(3)35/h6-15,17H,16H2,1-5H3,(H,30,35)(H,32,33,34). The summed E-state index contributed by atoms with van der Waals surface area (Å²) in [7, 11) is -1.36. The predicted octanol–water partition coefficient (Wildman–Crippen LogP) is 4.30. The van der Waals surface area contributed by atoms with Crippen LogP contribution in [0.2, 0.25) is 0 Å². The summed E-state index contributed by atoms with van der Waals surface area (Å²) in [4.78, 5) is 28.7. The molecular weight excluding hydrogens is 548 g/mol. The number of amides is 1. The Morgan fingerprint density at radius 3 is 2.37 bits per heavy atom. The first-order valence-electron chi connectivity index (χ1n) is 12.6. The van der Waals surface area contributed by atoms with Crippen LogP contribution in [0.4, 0.5) is 5.82 Å². The molecule has 2 N–H and O–H groups in total. The molecule has 4 aromatic rings. The fourth-order valence-corrected chi connectivity index (χ4v) is 4.61. The number of nitrogens with one attached hydrogen (secondary N) is 2. The third-order valence-electron chi connectivity index (χ3n) is 5.83. The Bertz CT molecular complexity index is 1640. The first-order valence-corrected chi connectivity index (χ1v) is 14.0. The molecule has 0 spiro atoms. The van der Waals surface area contributed by atoms with Gasteiger partial charge in [-0.05, 0) is 41.8 Å². The van der Waals surface area contributed by atoms with Crippen molar-refractivity contribution >= 4 is 21.7 Å². The average molecular weight is 579 g/mol. The van der Waals surface area contributed by atoms with Crippen molar-refractivity contribution < 1.29 is 27.4 Å².